The number of nitrogens with zero attached hydrogens (tertiary/aromatic N) is 3. The molecule has 146 valence electrons. The van der Waals surface area contributed by atoms with Crippen molar-refractivity contribution in [2.75, 3.05) is 0 Å². The number of hydrogen-bond acceptors (Lipinski definition) is 5. The van der Waals surface area contributed by atoms with E-state index < -0.39 is 11.9 Å². The van der Waals surface area contributed by atoms with Crippen molar-refractivity contribution >= 4 is 29.1 Å². The average molecular weight is 406 g/mol. The minimum atomic E-state index is -0.601. The molecule has 1 fully saturated rings. The smallest absolute Gasteiger partial charge is 0.255 e. The summed E-state index contributed by atoms with van der Waals surface area (Å²) in [4.78, 5) is 39.2. The Bertz CT molecular complexity index is 1150. The summed E-state index contributed by atoms with van der Waals surface area (Å²) in [5.74, 6) is -0.837. The lowest BCUT2D eigenvalue weighted by Crippen LogP contribution is -2.52. The number of piperidine rings is 1. The van der Waals surface area contributed by atoms with Crippen LogP contribution in [-0.4, -0.2) is 38.4 Å². The number of hydrogen-bond donors (Lipinski definition) is 1. The second-order valence-corrected chi connectivity index (χ2v) is 8.23. The van der Waals surface area contributed by atoms with Crippen LogP contribution in [0.2, 0.25) is 0 Å². The normalized spacial score (nSPS) is 18.9. The molecule has 1 saturated heterocycles. The van der Waals surface area contributed by atoms with Gasteiger partial charge in [-0.05, 0) is 41.1 Å². The highest BCUT2D eigenvalue weighted by molar-refractivity contribution is 7.13. The molecule has 1 aromatic carbocycles. The van der Waals surface area contributed by atoms with Crippen molar-refractivity contribution in [1.82, 2.24) is 20.0 Å². The van der Waals surface area contributed by atoms with Crippen LogP contribution in [0.15, 0.2) is 41.9 Å². The zero-order valence-electron chi connectivity index (χ0n) is 15.7. The van der Waals surface area contributed by atoms with Crippen molar-refractivity contribution < 1.29 is 14.4 Å². The molecule has 0 unspecified atom stereocenters. The van der Waals surface area contributed by atoms with Crippen molar-refractivity contribution in [3.8, 4) is 21.7 Å². The van der Waals surface area contributed by atoms with Gasteiger partial charge in [-0.15, -0.1) is 11.3 Å². The number of rotatable bonds is 3. The van der Waals surface area contributed by atoms with Crippen LogP contribution >= 0.6 is 11.3 Å². The number of aryl methyl sites for hydroxylation is 1. The van der Waals surface area contributed by atoms with Crippen LogP contribution in [-0.2, 0) is 23.2 Å². The van der Waals surface area contributed by atoms with E-state index >= 15 is 0 Å². The number of aromatic nitrogens is 2. The number of carbonyl (C=O) groups excluding carboxylic acids is 3. The predicted molar refractivity (Wildman–Crippen MR) is 108 cm³/mol. The first-order valence-electron chi connectivity index (χ1n) is 9.37. The van der Waals surface area contributed by atoms with Crippen LogP contribution < -0.4 is 5.32 Å². The van der Waals surface area contributed by atoms with E-state index in [0.29, 0.717) is 18.5 Å². The molecule has 3 amide bonds. The Labute approximate surface area is 170 Å². The van der Waals surface area contributed by atoms with Gasteiger partial charge in [-0.25, -0.2) is 0 Å². The van der Waals surface area contributed by atoms with Crippen molar-refractivity contribution in [3.63, 3.8) is 0 Å². The summed E-state index contributed by atoms with van der Waals surface area (Å²) >= 11 is 1.65. The second-order valence-electron chi connectivity index (χ2n) is 7.28. The molecule has 4 heterocycles. The van der Waals surface area contributed by atoms with Crippen LogP contribution in [0.3, 0.4) is 0 Å². The Hall–Kier alpha value is -3.26. The maximum Gasteiger partial charge on any atom is 0.255 e. The quantitative estimate of drug-likeness (QED) is 0.678. The van der Waals surface area contributed by atoms with Gasteiger partial charge in [-0.3, -0.25) is 24.4 Å². The van der Waals surface area contributed by atoms with Gasteiger partial charge in [0.15, 0.2) is 0 Å². The highest BCUT2D eigenvalue weighted by Crippen LogP contribution is 2.37. The van der Waals surface area contributed by atoms with Gasteiger partial charge in [-0.2, -0.15) is 5.10 Å². The summed E-state index contributed by atoms with van der Waals surface area (Å²) in [6, 6.07) is 9.23. The van der Waals surface area contributed by atoms with Gasteiger partial charge in [0.1, 0.15) is 6.04 Å². The molecule has 3 aromatic rings. The zero-order valence-corrected chi connectivity index (χ0v) is 16.5. The highest BCUT2D eigenvalue weighted by Gasteiger charge is 2.39. The van der Waals surface area contributed by atoms with E-state index in [-0.39, 0.29) is 18.2 Å². The van der Waals surface area contributed by atoms with E-state index in [1.54, 1.807) is 16.2 Å². The fourth-order valence-corrected chi connectivity index (χ4v) is 4.91. The Balaban J connectivity index is 1.49. The predicted octanol–water partition coefficient (Wildman–Crippen LogP) is 2.58. The lowest BCUT2D eigenvalue weighted by atomic mass is 10.0. The van der Waals surface area contributed by atoms with Gasteiger partial charge in [0, 0.05) is 31.1 Å². The van der Waals surface area contributed by atoms with Crippen molar-refractivity contribution in [1.29, 1.82) is 0 Å². The molecule has 8 heteroatoms. The molecule has 1 atom stereocenters. The number of amides is 3. The summed E-state index contributed by atoms with van der Waals surface area (Å²) in [5, 5.41) is 8.79. The molecule has 0 bridgehead atoms. The number of thiophene rings is 1. The van der Waals surface area contributed by atoms with Crippen molar-refractivity contribution in [2.24, 2.45) is 7.05 Å². The van der Waals surface area contributed by atoms with Crippen molar-refractivity contribution in [3.05, 3.63) is 53.0 Å². The number of imide groups is 1. The lowest BCUT2D eigenvalue weighted by Gasteiger charge is -2.29. The molecule has 0 aliphatic carbocycles. The van der Waals surface area contributed by atoms with Crippen LogP contribution in [0.5, 0.6) is 0 Å². The molecular weight excluding hydrogens is 388 g/mol. The summed E-state index contributed by atoms with van der Waals surface area (Å²) in [6.45, 7) is 0.364. The minimum Gasteiger partial charge on any atom is -0.322 e. The van der Waals surface area contributed by atoms with Gasteiger partial charge in [0.25, 0.3) is 5.91 Å². The van der Waals surface area contributed by atoms with E-state index in [0.717, 1.165) is 27.3 Å². The molecule has 0 radical (unpaired) electrons. The largest absolute Gasteiger partial charge is 0.322 e. The van der Waals surface area contributed by atoms with Crippen molar-refractivity contribution in [2.45, 2.75) is 25.4 Å². The van der Waals surface area contributed by atoms with Gasteiger partial charge < -0.3 is 4.90 Å². The fourth-order valence-electron chi connectivity index (χ4n) is 4.10. The molecule has 0 spiro atoms. The topological polar surface area (TPSA) is 84.3 Å². The Morgan fingerprint density at radius 2 is 2.03 bits per heavy atom. The molecule has 0 saturated carbocycles. The number of fused-ring (bicyclic) bond motifs is 1. The zero-order chi connectivity index (χ0) is 20.1. The third-order valence-electron chi connectivity index (χ3n) is 5.53. The molecule has 2 aromatic heterocycles. The lowest BCUT2D eigenvalue weighted by molar-refractivity contribution is -0.136. The van der Waals surface area contributed by atoms with E-state index in [9.17, 15) is 14.4 Å². The van der Waals surface area contributed by atoms with Gasteiger partial charge >= 0.3 is 0 Å². The number of benzene rings is 1. The van der Waals surface area contributed by atoms with Gasteiger partial charge in [-0.1, -0.05) is 12.1 Å². The average Bonchev–Trinajstić information content (AvgIpc) is 3.41. The van der Waals surface area contributed by atoms with E-state index in [1.807, 2.05) is 47.6 Å². The molecule has 29 heavy (non-hydrogen) atoms. The maximum absolute atomic E-state index is 12.9. The van der Waals surface area contributed by atoms with Gasteiger partial charge in [0.2, 0.25) is 11.8 Å². The minimum absolute atomic E-state index is 0.161. The molecule has 5 rings (SSSR count). The molecule has 1 N–H and O–H groups in total. The highest BCUT2D eigenvalue weighted by atomic mass is 32.1. The van der Waals surface area contributed by atoms with Crippen LogP contribution in [0, 0.1) is 0 Å². The fraction of sp³-hybridized carbons (Fsp3) is 0.238. The summed E-state index contributed by atoms with van der Waals surface area (Å²) in [5.41, 5.74) is 4.52. The third-order valence-corrected chi connectivity index (χ3v) is 6.40. The molecule has 2 aliphatic heterocycles. The molecular formula is C21H18N4O3S. The second kappa shape index (κ2) is 6.66. The third kappa shape index (κ3) is 2.87. The first-order valence-corrected chi connectivity index (χ1v) is 10.2. The van der Waals surface area contributed by atoms with Crippen LogP contribution in [0.1, 0.15) is 28.8 Å². The standard InChI is InChI=1S/C21H18N4O3S/c1-24-19(17-3-2-8-29-17)15(10-22-24)12-4-5-14-13(9-12)11-25(21(14)28)16-6-7-18(26)23-20(16)27/h2-5,8-10,16H,6-7,11H2,1H3,(H,23,26,27)/t16-/m0/s1. The summed E-state index contributed by atoms with van der Waals surface area (Å²) < 4.78 is 1.86. The maximum atomic E-state index is 12.9. The SMILES string of the molecule is Cn1ncc(-c2ccc3c(c2)CN([C@H]2CCC(=O)NC2=O)C3=O)c1-c1cccs1. The first kappa shape index (κ1) is 17.8. The van der Waals surface area contributed by atoms with E-state index in [2.05, 4.69) is 16.5 Å². The summed E-state index contributed by atoms with van der Waals surface area (Å²) in [7, 11) is 1.92. The van der Waals surface area contributed by atoms with Crippen LogP contribution in [0.25, 0.3) is 21.7 Å². The molecule has 2 aliphatic rings. The summed E-state index contributed by atoms with van der Waals surface area (Å²) in [6.07, 6.45) is 2.45. The Morgan fingerprint density at radius 3 is 2.79 bits per heavy atom. The Morgan fingerprint density at radius 1 is 1.17 bits per heavy atom. The van der Waals surface area contributed by atoms with Crippen LogP contribution in [0.4, 0.5) is 0 Å². The van der Waals surface area contributed by atoms with E-state index in [4.69, 9.17) is 0 Å². The first-order chi connectivity index (χ1) is 14.0. The molecule has 7 nitrogen and oxygen atoms in total. The number of carbonyl (C=O) groups is 3. The monoisotopic (exact) mass is 406 g/mol. The number of nitrogens with one attached hydrogen (secondary N) is 1. The van der Waals surface area contributed by atoms with E-state index in [1.165, 1.54) is 0 Å². The Kier molecular flexibility index (Phi) is 4.09. The van der Waals surface area contributed by atoms with Gasteiger partial charge in [0.05, 0.1) is 16.8 Å².